The van der Waals surface area contributed by atoms with Crippen LogP contribution in [0.2, 0.25) is 0 Å². The smallest absolute Gasteiger partial charge is 0.339 e. The Kier molecular flexibility index (Phi) is 6.33. The second-order valence-corrected chi connectivity index (χ2v) is 10.7. The molecule has 2 saturated heterocycles. The molecular weight excluding hydrogens is 493 g/mol. The maximum Gasteiger partial charge on any atom is 0.339 e. The van der Waals surface area contributed by atoms with Crippen molar-refractivity contribution in [3.8, 4) is 5.75 Å². The van der Waals surface area contributed by atoms with Crippen LogP contribution in [0.1, 0.15) is 52.9 Å². The summed E-state index contributed by atoms with van der Waals surface area (Å²) in [7, 11) is 2.01. The van der Waals surface area contributed by atoms with Crippen LogP contribution >= 0.6 is 0 Å². The molecule has 0 radical (unpaired) electrons. The Morgan fingerprint density at radius 1 is 1.11 bits per heavy atom. The largest absolute Gasteiger partial charge is 0.484 e. The van der Waals surface area contributed by atoms with Gasteiger partial charge in [-0.2, -0.15) is 0 Å². The fourth-order valence-corrected chi connectivity index (χ4v) is 6.04. The number of hydrogen-bond acceptors (Lipinski definition) is 8. The van der Waals surface area contributed by atoms with E-state index < -0.39 is 17.4 Å². The zero-order chi connectivity index (χ0) is 26.4. The molecule has 10 nitrogen and oxygen atoms in total. The van der Waals surface area contributed by atoms with Crippen molar-refractivity contribution in [3.05, 3.63) is 50.7 Å². The minimum atomic E-state index is -1.07. The molecule has 0 bridgehead atoms. The Morgan fingerprint density at radius 3 is 2.61 bits per heavy atom. The lowest BCUT2D eigenvalue weighted by Crippen LogP contribution is -2.48. The first-order chi connectivity index (χ1) is 18.3. The second kappa shape index (κ2) is 9.68. The molecular formula is C27H32FN5O5. The van der Waals surface area contributed by atoms with Crippen molar-refractivity contribution in [2.45, 2.75) is 44.1 Å². The van der Waals surface area contributed by atoms with Crippen LogP contribution in [0.25, 0.3) is 0 Å². The Labute approximate surface area is 219 Å². The third-order valence-electron chi connectivity index (χ3n) is 8.30. The molecule has 0 atom stereocenters. The summed E-state index contributed by atoms with van der Waals surface area (Å²) in [6.45, 7) is 3.52. The van der Waals surface area contributed by atoms with Crippen LogP contribution in [0.4, 0.5) is 10.3 Å². The number of carbonyl (C=O) groups excluding carboxylic acids is 2. The molecule has 4 aliphatic rings. The van der Waals surface area contributed by atoms with Gasteiger partial charge in [-0.3, -0.25) is 14.6 Å². The topological polar surface area (TPSA) is 108 Å². The summed E-state index contributed by atoms with van der Waals surface area (Å²) in [4.78, 5) is 51.4. The van der Waals surface area contributed by atoms with Crippen LogP contribution in [0.15, 0.2) is 16.9 Å². The third-order valence-corrected chi connectivity index (χ3v) is 8.30. The van der Waals surface area contributed by atoms with E-state index in [0.717, 1.165) is 50.0 Å². The minimum Gasteiger partial charge on any atom is -0.484 e. The zero-order valence-corrected chi connectivity index (χ0v) is 21.6. The number of fused-ring (bicyclic) bond motifs is 3. The number of amides is 1. The van der Waals surface area contributed by atoms with E-state index in [4.69, 9.17) is 14.5 Å². The minimum absolute atomic E-state index is 0.0905. The predicted molar refractivity (Wildman–Crippen MR) is 136 cm³/mol. The molecule has 4 heterocycles. The molecule has 11 heteroatoms. The van der Waals surface area contributed by atoms with Crippen molar-refractivity contribution in [2.24, 2.45) is 0 Å². The number of nitrogens with zero attached hydrogens (tertiary/aromatic N) is 4. The van der Waals surface area contributed by atoms with E-state index in [1.807, 2.05) is 11.9 Å². The molecule has 6 rings (SSSR count). The summed E-state index contributed by atoms with van der Waals surface area (Å²) in [6, 6.07) is 2.70. The van der Waals surface area contributed by atoms with E-state index in [0.29, 0.717) is 45.0 Å². The molecule has 3 aliphatic heterocycles. The number of piperazine rings is 1. The van der Waals surface area contributed by atoms with Gasteiger partial charge >= 0.3 is 5.97 Å². The number of rotatable bonds is 4. The van der Waals surface area contributed by atoms with Crippen molar-refractivity contribution in [1.82, 2.24) is 19.8 Å². The fourth-order valence-electron chi connectivity index (χ4n) is 6.04. The number of halogens is 1. The lowest BCUT2D eigenvalue weighted by molar-refractivity contribution is -0.134. The summed E-state index contributed by atoms with van der Waals surface area (Å²) >= 11 is 0. The summed E-state index contributed by atoms with van der Waals surface area (Å²) < 4.78 is 26.8. The Morgan fingerprint density at radius 2 is 1.84 bits per heavy atom. The number of carbonyl (C=O) groups is 2. The molecule has 2 fully saturated rings. The van der Waals surface area contributed by atoms with Crippen molar-refractivity contribution in [2.75, 3.05) is 57.8 Å². The Balaban J connectivity index is 1.15. The van der Waals surface area contributed by atoms with Crippen LogP contribution in [-0.2, 0) is 28.0 Å². The van der Waals surface area contributed by atoms with Crippen molar-refractivity contribution >= 4 is 17.8 Å². The average Bonchev–Trinajstić information content (AvgIpc) is 3.19. The van der Waals surface area contributed by atoms with Crippen molar-refractivity contribution in [1.29, 1.82) is 0 Å². The summed E-state index contributed by atoms with van der Waals surface area (Å²) in [5.74, 6) is -0.692. The number of nitrogens with one attached hydrogen (secondary N) is 1. The van der Waals surface area contributed by atoms with Crippen LogP contribution in [0.5, 0.6) is 5.75 Å². The van der Waals surface area contributed by atoms with Gasteiger partial charge in [-0.1, -0.05) is 0 Å². The number of benzene rings is 1. The number of aromatic nitrogens is 2. The number of esters is 1. The van der Waals surface area contributed by atoms with Gasteiger partial charge in [0.1, 0.15) is 17.2 Å². The van der Waals surface area contributed by atoms with Gasteiger partial charge < -0.3 is 24.2 Å². The number of aryl methyl sites for hydroxylation is 1. The van der Waals surface area contributed by atoms with E-state index in [1.165, 1.54) is 12.1 Å². The molecule has 38 heavy (non-hydrogen) atoms. The first-order valence-corrected chi connectivity index (χ1v) is 13.4. The quantitative estimate of drug-likeness (QED) is 0.600. The number of H-pyrrole nitrogens is 1. The van der Waals surface area contributed by atoms with E-state index in [9.17, 15) is 14.4 Å². The van der Waals surface area contributed by atoms with Gasteiger partial charge in [-0.25, -0.2) is 14.2 Å². The predicted octanol–water partition coefficient (Wildman–Crippen LogP) is 1.61. The molecule has 1 aromatic heterocycles. The molecule has 1 N–H and O–H groups in total. The monoisotopic (exact) mass is 525 g/mol. The summed E-state index contributed by atoms with van der Waals surface area (Å²) in [5, 5.41) is 0. The van der Waals surface area contributed by atoms with Crippen molar-refractivity contribution in [3.63, 3.8) is 0 Å². The van der Waals surface area contributed by atoms with Gasteiger partial charge in [0, 0.05) is 69.3 Å². The highest BCUT2D eigenvalue weighted by Gasteiger charge is 2.50. The van der Waals surface area contributed by atoms with Crippen LogP contribution in [-0.4, -0.2) is 84.6 Å². The van der Waals surface area contributed by atoms with E-state index >= 15 is 4.39 Å². The van der Waals surface area contributed by atoms with Gasteiger partial charge in [0.15, 0.2) is 6.61 Å². The molecule has 1 amide bonds. The van der Waals surface area contributed by atoms with Gasteiger partial charge in [-0.15, -0.1) is 0 Å². The molecule has 1 aromatic carbocycles. The van der Waals surface area contributed by atoms with E-state index in [2.05, 4.69) is 9.88 Å². The second-order valence-electron chi connectivity index (χ2n) is 10.7. The number of aromatic amines is 1. The normalized spacial score (nSPS) is 20.7. The first kappa shape index (κ1) is 24.8. The lowest BCUT2D eigenvalue weighted by atomic mass is 9.83. The van der Waals surface area contributed by atoms with Gasteiger partial charge in [0.05, 0.1) is 11.3 Å². The molecule has 2 aromatic rings. The first-order valence-electron chi connectivity index (χ1n) is 13.4. The Bertz CT molecular complexity index is 1330. The zero-order valence-electron chi connectivity index (χ0n) is 21.6. The third kappa shape index (κ3) is 4.42. The van der Waals surface area contributed by atoms with Crippen LogP contribution in [0.3, 0.4) is 0 Å². The van der Waals surface area contributed by atoms with E-state index in [-0.39, 0.29) is 34.9 Å². The average molecular weight is 526 g/mol. The maximum absolute atomic E-state index is 15.5. The molecule has 1 spiro atoms. The van der Waals surface area contributed by atoms with Crippen LogP contribution in [0, 0.1) is 5.82 Å². The lowest BCUT2D eigenvalue weighted by Gasteiger charge is -2.39. The highest BCUT2D eigenvalue weighted by Crippen LogP contribution is 2.46. The molecule has 0 unspecified atom stereocenters. The summed E-state index contributed by atoms with van der Waals surface area (Å²) in [6.07, 6.45) is 4.30. The van der Waals surface area contributed by atoms with Crippen molar-refractivity contribution < 1.29 is 23.5 Å². The fraction of sp³-hybridized carbons (Fsp3) is 0.556. The van der Waals surface area contributed by atoms with Gasteiger partial charge in [0.25, 0.3) is 11.5 Å². The number of hydrogen-bond donors (Lipinski definition) is 1. The highest BCUT2D eigenvalue weighted by atomic mass is 19.1. The standard InChI is InChI=1S/C27H32FN5O5/c1-31-10-12-32(13-11-31)22(34)16-37-17-14-19-23(20(28)15-17)27(38-25(19)36)6-8-33(9-7-27)26-29-21-5-3-2-4-18(21)24(35)30-26/h14-15H,2-13,16H2,1H3,(H,29,30,35). The maximum atomic E-state index is 15.5. The number of anilines is 1. The molecule has 202 valence electrons. The number of likely N-dealkylation sites (N-methyl/N-ethyl adjacent to an activating group) is 1. The molecule has 0 saturated carbocycles. The number of ether oxygens (including phenoxy) is 2. The van der Waals surface area contributed by atoms with Crippen LogP contribution < -0.4 is 15.2 Å². The Hall–Kier alpha value is -3.47. The van der Waals surface area contributed by atoms with E-state index in [1.54, 1.807) is 4.90 Å². The number of piperidine rings is 1. The highest BCUT2D eigenvalue weighted by molar-refractivity contribution is 5.95. The summed E-state index contributed by atoms with van der Waals surface area (Å²) in [5.41, 5.74) is 0.852. The molecule has 1 aliphatic carbocycles. The van der Waals surface area contributed by atoms with Gasteiger partial charge in [-0.05, 0) is 38.8 Å². The SMILES string of the molecule is CN1CCN(C(=O)COc2cc(F)c3c(c2)C(=O)OC32CCN(c3nc4c(c(=O)[nH]3)CCCC4)CC2)CC1. The van der Waals surface area contributed by atoms with Gasteiger partial charge in [0.2, 0.25) is 5.95 Å².